The molecule has 9 heteroatoms. The number of hydrogen-bond donors (Lipinski definition) is 1. The highest BCUT2D eigenvalue weighted by atomic mass is 35.5. The van der Waals surface area contributed by atoms with E-state index < -0.39 is 17.8 Å². The summed E-state index contributed by atoms with van der Waals surface area (Å²) in [5.74, 6) is -0.693. The molecule has 0 bridgehead atoms. The van der Waals surface area contributed by atoms with Crippen LogP contribution in [0.4, 0.5) is 10.5 Å². The van der Waals surface area contributed by atoms with Crippen LogP contribution in [0.2, 0.25) is 10.0 Å². The molecule has 1 fully saturated rings. The molecule has 7 nitrogen and oxygen atoms in total. The zero-order chi connectivity index (χ0) is 29.1. The molecule has 1 aliphatic rings. The standard InChI is InChI=1S/C32H24Cl2N2O5/c1-3-7-21-14-19(15-25-30(37)35-32(39)36(31(25)38)23-12-13-26(33)27(34)17-23)16-28(40-2)29(21)41-18-22-10-6-9-20-8-4-5-11-24(20)22/h3-6,8-17H,1,7,18H2,2H3,(H,35,37,39)/b25-15+. The molecule has 4 aromatic rings. The smallest absolute Gasteiger partial charge is 0.335 e. The van der Waals surface area contributed by atoms with Gasteiger partial charge in [0.05, 0.1) is 22.8 Å². The van der Waals surface area contributed by atoms with Crippen molar-refractivity contribution < 1.29 is 23.9 Å². The maximum absolute atomic E-state index is 13.4. The van der Waals surface area contributed by atoms with Crippen molar-refractivity contribution in [2.45, 2.75) is 13.0 Å². The van der Waals surface area contributed by atoms with Crippen molar-refractivity contribution in [1.29, 1.82) is 0 Å². The number of barbiturate groups is 1. The quantitative estimate of drug-likeness (QED) is 0.135. The van der Waals surface area contributed by atoms with E-state index in [-0.39, 0.29) is 21.3 Å². The largest absolute Gasteiger partial charge is 0.493 e. The molecule has 1 saturated heterocycles. The maximum Gasteiger partial charge on any atom is 0.335 e. The van der Waals surface area contributed by atoms with Gasteiger partial charge in [0.2, 0.25) is 0 Å². The lowest BCUT2D eigenvalue weighted by atomic mass is 10.0. The molecule has 0 aliphatic carbocycles. The molecule has 1 aliphatic heterocycles. The Morgan fingerprint density at radius 3 is 2.46 bits per heavy atom. The molecular weight excluding hydrogens is 563 g/mol. The molecule has 1 heterocycles. The van der Waals surface area contributed by atoms with E-state index in [1.165, 1.54) is 31.4 Å². The fourth-order valence-electron chi connectivity index (χ4n) is 4.64. The van der Waals surface area contributed by atoms with Gasteiger partial charge >= 0.3 is 6.03 Å². The van der Waals surface area contributed by atoms with Gasteiger partial charge in [-0.05, 0) is 64.7 Å². The topological polar surface area (TPSA) is 84.9 Å². The number of nitrogens with zero attached hydrogens (tertiary/aromatic N) is 1. The fraction of sp³-hybridized carbons (Fsp3) is 0.0938. The molecule has 0 spiro atoms. The van der Waals surface area contributed by atoms with Crippen LogP contribution >= 0.6 is 23.2 Å². The molecule has 41 heavy (non-hydrogen) atoms. The number of imide groups is 2. The summed E-state index contributed by atoms with van der Waals surface area (Å²) < 4.78 is 11.9. The van der Waals surface area contributed by atoms with Crippen LogP contribution in [0.5, 0.6) is 11.5 Å². The third-order valence-electron chi connectivity index (χ3n) is 6.56. The third kappa shape index (κ3) is 5.68. The van der Waals surface area contributed by atoms with Gasteiger partial charge in [-0.25, -0.2) is 9.69 Å². The van der Waals surface area contributed by atoms with Crippen molar-refractivity contribution in [3.63, 3.8) is 0 Å². The highest BCUT2D eigenvalue weighted by Gasteiger charge is 2.37. The van der Waals surface area contributed by atoms with Gasteiger partial charge in [0.25, 0.3) is 11.8 Å². The van der Waals surface area contributed by atoms with Crippen LogP contribution in [0.25, 0.3) is 16.8 Å². The lowest BCUT2D eigenvalue weighted by Gasteiger charge is -2.26. The van der Waals surface area contributed by atoms with E-state index >= 15 is 0 Å². The Balaban J connectivity index is 1.50. The summed E-state index contributed by atoms with van der Waals surface area (Å²) in [6.45, 7) is 4.15. The number of rotatable bonds is 8. The van der Waals surface area contributed by atoms with Crippen LogP contribution in [0.15, 0.2) is 91.0 Å². The van der Waals surface area contributed by atoms with Crippen LogP contribution < -0.4 is 19.7 Å². The lowest BCUT2D eigenvalue weighted by Crippen LogP contribution is -2.54. The summed E-state index contributed by atoms with van der Waals surface area (Å²) in [6.07, 6.45) is 3.56. The number of urea groups is 1. The van der Waals surface area contributed by atoms with Crippen LogP contribution in [0.3, 0.4) is 0 Å². The van der Waals surface area contributed by atoms with Crippen molar-refractivity contribution in [1.82, 2.24) is 5.32 Å². The Labute approximate surface area is 246 Å². The Morgan fingerprint density at radius 1 is 0.927 bits per heavy atom. The van der Waals surface area contributed by atoms with E-state index in [2.05, 4.69) is 11.9 Å². The van der Waals surface area contributed by atoms with E-state index in [0.29, 0.717) is 30.1 Å². The van der Waals surface area contributed by atoms with Crippen molar-refractivity contribution in [3.05, 3.63) is 118 Å². The molecule has 0 unspecified atom stereocenters. The minimum atomic E-state index is -0.891. The second-order valence-electron chi connectivity index (χ2n) is 9.19. The number of fused-ring (bicyclic) bond motifs is 1. The van der Waals surface area contributed by atoms with Gasteiger partial charge in [-0.15, -0.1) is 6.58 Å². The molecule has 0 saturated carbocycles. The van der Waals surface area contributed by atoms with E-state index in [1.54, 1.807) is 18.2 Å². The molecular formula is C32H24Cl2N2O5. The minimum Gasteiger partial charge on any atom is -0.493 e. The Kier molecular flexibility index (Phi) is 8.10. The van der Waals surface area contributed by atoms with Crippen LogP contribution in [0.1, 0.15) is 16.7 Å². The highest BCUT2D eigenvalue weighted by molar-refractivity contribution is 6.43. The third-order valence-corrected chi connectivity index (χ3v) is 7.30. The van der Waals surface area contributed by atoms with Crippen LogP contribution in [-0.4, -0.2) is 25.0 Å². The molecule has 206 valence electrons. The summed E-state index contributed by atoms with van der Waals surface area (Å²) >= 11 is 12.1. The normalized spacial score (nSPS) is 14.4. The monoisotopic (exact) mass is 586 g/mol. The van der Waals surface area contributed by atoms with Gasteiger partial charge < -0.3 is 9.47 Å². The van der Waals surface area contributed by atoms with Gasteiger partial charge in [-0.2, -0.15) is 0 Å². The number of nitrogens with one attached hydrogen (secondary N) is 1. The van der Waals surface area contributed by atoms with E-state index in [0.717, 1.165) is 26.8 Å². The molecule has 0 atom stereocenters. The SMILES string of the molecule is C=CCc1cc(/C=C2\C(=O)NC(=O)N(c3ccc(Cl)c(Cl)c3)C2=O)cc(OC)c1OCc1cccc2ccccc12. The minimum absolute atomic E-state index is 0.157. The number of hydrogen-bond acceptors (Lipinski definition) is 5. The summed E-state index contributed by atoms with van der Waals surface area (Å²) in [7, 11) is 1.51. The zero-order valence-corrected chi connectivity index (χ0v) is 23.5. The van der Waals surface area contributed by atoms with Gasteiger partial charge in [0.15, 0.2) is 11.5 Å². The predicted octanol–water partition coefficient (Wildman–Crippen LogP) is 7.13. The lowest BCUT2D eigenvalue weighted by molar-refractivity contribution is -0.122. The maximum atomic E-state index is 13.4. The van der Waals surface area contributed by atoms with E-state index in [9.17, 15) is 14.4 Å². The van der Waals surface area contributed by atoms with Gasteiger partial charge in [0, 0.05) is 5.56 Å². The highest BCUT2D eigenvalue weighted by Crippen LogP contribution is 2.36. The van der Waals surface area contributed by atoms with Crippen molar-refractivity contribution >= 4 is 63.6 Å². The van der Waals surface area contributed by atoms with Crippen LogP contribution in [0, 0.1) is 0 Å². The van der Waals surface area contributed by atoms with Crippen molar-refractivity contribution in [3.8, 4) is 11.5 Å². The number of allylic oxidation sites excluding steroid dienone is 1. The number of anilines is 1. The molecule has 1 N–H and O–H groups in total. The number of amides is 4. The second kappa shape index (κ2) is 11.9. The number of methoxy groups -OCH3 is 1. The number of halogens is 2. The van der Waals surface area contributed by atoms with Gasteiger partial charge in [-0.3, -0.25) is 14.9 Å². The predicted molar refractivity (Wildman–Crippen MR) is 161 cm³/mol. The molecule has 4 aromatic carbocycles. The average Bonchev–Trinajstić information content (AvgIpc) is 2.96. The first-order chi connectivity index (χ1) is 19.8. The van der Waals surface area contributed by atoms with Gasteiger partial charge in [-0.1, -0.05) is 71.7 Å². The fourth-order valence-corrected chi connectivity index (χ4v) is 4.93. The summed E-state index contributed by atoms with van der Waals surface area (Å²) in [4.78, 5) is 39.5. The molecule has 5 rings (SSSR count). The first-order valence-corrected chi connectivity index (χ1v) is 13.3. The summed E-state index contributed by atoms with van der Waals surface area (Å²) in [6, 6.07) is 21.0. The zero-order valence-electron chi connectivity index (χ0n) is 21.9. The Bertz CT molecular complexity index is 1740. The number of carbonyl (C=O) groups is 3. The first kappa shape index (κ1) is 28.0. The molecule has 0 radical (unpaired) electrons. The van der Waals surface area contributed by atoms with Crippen molar-refractivity contribution in [2.24, 2.45) is 0 Å². The number of benzene rings is 4. The van der Waals surface area contributed by atoms with Crippen molar-refractivity contribution in [2.75, 3.05) is 12.0 Å². The first-order valence-electron chi connectivity index (χ1n) is 12.6. The Morgan fingerprint density at radius 2 is 1.71 bits per heavy atom. The summed E-state index contributed by atoms with van der Waals surface area (Å²) in [5.41, 5.74) is 2.18. The van der Waals surface area contributed by atoms with Gasteiger partial charge in [0.1, 0.15) is 12.2 Å². The van der Waals surface area contributed by atoms with E-state index in [4.69, 9.17) is 32.7 Å². The Hall–Kier alpha value is -4.59. The molecule has 0 aromatic heterocycles. The second-order valence-corrected chi connectivity index (χ2v) is 10.0. The summed E-state index contributed by atoms with van der Waals surface area (Å²) in [5, 5.41) is 4.82. The van der Waals surface area contributed by atoms with Crippen LogP contribution in [-0.2, 0) is 22.6 Å². The number of ether oxygens (including phenoxy) is 2. The number of carbonyl (C=O) groups excluding carboxylic acids is 3. The average molecular weight is 587 g/mol. The van der Waals surface area contributed by atoms with E-state index in [1.807, 2.05) is 42.5 Å². The molecule has 4 amide bonds.